The molecule has 110 valence electrons. The molecule has 0 aromatic heterocycles. The van der Waals surface area contributed by atoms with Crippen LogP contribution in [0.5, 0.6) is 0 Å². The number of esters is 1. The standard InChI is InChI=1S/C15H22N2O3/c1-10(2)11(3)17-14(18)9-16-13-7-5-6-12(8-13)15(19)20-4/h5-8,10-11,16H,9H2,1-4H3,(H,17,18). The monoisotopic (exact) mass is 278 g/mol. The summed E-state index contributed by atoms with van der Waals surface area (Å²) in [6.07, 6.45) is 0. The molecule has 5 nitrogen and oxygen atoms in total. The van der Waals surface area contributed by atoms with E-state index < -0.39 is 5.97 Å². The summed E-state index contributed by atoms with van der Waals surface area (Å²) < 4.78 is 4.65. The Morgan fingerprint density at radius 1 is 1.25 bits per heavy atom. The topological polar surface area (TPSA) is 67.4 Å². The minimum atomic E-state index is -0.397. The first-order valence-corrected chi connectivity index (χ1v) is 6.65. The van der Waals surface area contributed by atoms with Gasteiger partial charge in [0.15, 0.2) is 0 Å². The second-order valence-corrected chi connectivity index (χ2v) is 5.03. The van der Waals surface area contributed by atoms with Crippen molar-refractivity contribution in [1.29, 1.82) is 0 Å². The molecule has 0 fully saturated rings. The van der Waals surface area contributed by atoms with Gasteiger partial charge in [-0.1, -0.05) is 19.9 Å². The predicted molar refractivity (Wildman–Crippen MR) is 78.7 cm³/mol. The lowest BCUT2D eigenvalue weighted by Crippen LogP contribution is -2.39. The molecule has 5 heteroatoms. The van der Waals surface area contributed by atoms with Crippen molar-refractivity contribution in [3.8, 4) is 0 Å². The molecule has 0 radical (unpaired) electrons. The third kappa shape index (κ3) is 4.91. The van der Waals surface area contributed by atoms with Crippen molar-refractivity contribution in [2.45, 2.75) is 26.8 Å². The Kier molecular flexibility index (Phi) is 6.03. The van der Waals surface area contributed by atoms with Gasteiger partial charge in [-0.2, -0.15) is 0 Å². The van der Waals surface area contributed by atoms with Crippen LogP contribution in [0, 0.1) is 5.92 Å². The molecule has 1 amide bonds. The summed E-state index contributed by atoms with van der Waals surface area (Å²) in [5.41, 5.74) is 1.16. The molecule has 1 atom stereocenters. The van der Waals surface area contributed by atoms with Crippen LogP contribution in [0.25, 0.3) is 0 Å². The van der Waals surface area contributed by atoms with E-state index in [1.54, 1.807) is 24.3 Å². The van der Waals surface area contributed by atoms with Crippen LogP contribution in [-0.4, -0.2) is 31.6 Å². The maximum Gasteiger partial charge on any atom is 0.337 e. The first kappa shape index (κ1) is 16.0. The van der Waals surface area contributed by atoms with Gasteiger partial charge in [-0.25, -0.2) is 4.79 Å². The van der Waals surface area contributed by atoms with E-state index in [0.717, 1.165) is 0 Å². The molecule has 0 saturated carbocycles. The number of benzene rings is 1. The van der Waals surface area contributed by atoms with Gasteiger partial charge in [0.2, 0.25) is 5.91 Å². The van der Waals surface area contributed by atoms with E-state index in [-0.39, 0.29) is 18.5 Å². The van der Waals surface area contributed by atoms with Crippen molar-refractivity contribution in [3.05, 3.63) is 29.8 Å². The Morgan fingerprint density at radius 3 is 2.55 bits per heavy atom. The molecule has 0 saturated heterocycles. The van der Waals surface area contributed by atoms with Gasteiger partial charge < -0.3 is 15.4 Å². The van der Waals surface area contributed by atoms with E-state index in [1.807, 2.05) is 6.92 Å². The van der Waals surface area contributed by atoms with Crippen molar-refractivity contribution in [2.24, 2.45) is 5.92 Å². The highest BCUT2D eigenvalue weighted by atomic mass is 16.5. The SMILES string of the molecule is COC(=O)c1cccc(NCC(=O)NC(C)C(C)C)c1. The summed E-state index contributed by atoms with van der Waals surface area (Å²) in [5.74, 6) is -0.0807. The van der Waals surface area contributed by atoms with E-state index in [4.69, 9.17) is 0 Å². The zero-order valence-corrected chi connectivity index (χ0v) is 12.4. The van der Waals surface area contributed by atoms with Crippen molar-refractivity contribution >= 4 is 17.6 Å². The minimum absolute atomic E-state index is 0.0744. The summed E-state index contributed by atoms with van der Waals surface area (Å²) in [4.78, 5) is 23.1. The number of carbonyl (C=O) groups is 2. The number of hydrogen-bond donors (Lipinski definition) is 2. The second-order valence-electron chi connectivity index (χ2n) is 5.03. The lowest BCUT2D eigenvalue weighted by Gasteiger charge is -2.17. The highest BCUT2D eigenvalue weighted by Crippen LogP contribution is 2.11. The number of rotatable bonds is 6. The van der Waals surface area contributed by atoms with Gasteiger partial charge in [0.25, 0.3) is 0 Å². The molecule has 0 bridgehead atoms. The largest absolute Gasteiger partial charge is 0.465 e. The first-order chi connectivity index (χ1) is 9.43. The Balaban J connectivity index is 2.53. The summed E-state index contributed by atoms with van der Waals surface area (Å²) in [6.45, 7) is 6.25. The highest BCUT2D eigenvalue weighted by Gasteiger charge is 2.11. The quantitative estimate of drug-likeness (QED) is 0.781. The van der Waals surface area contributed by atoms with Crippen molar-refractivity contribution in [2.75, 3.05) is 19.0 Å². The number of amides is 1. The molecule has 0 heterocycles. The highest BCUT2D eigenvalue weighted by molar-refractivity contribution is 5.90. The maximum absolute atomic E-state index is 11.7. The molecule has 2 N–H and O–H groups in total. The molecule has 1 unspecified atom stereocenters. The average molecular weight is 278 g/mol. The predicted octanol–water partition coefficient (Wildman–Crippen LogP) is 2.05. The molecule has 0 aliphatic rings. The van der Waals surface area contributed by atoms with Crippen LogP contribution in [0.15, 0.2) is 24.3 Å². The van der Waals surface area contributed by atoms with Crippen LogP contribution >= 0.6 is 0 Å². The molecule has 1 aromatic rings. The molecule has 0 spiro atoms. The Hall–Kier alpha value is -2.04. The third-order valence-corrected chi connectivity index (χ3v) is 3.13. The summed E-state index contributed by atoms with van der Waals surface area (Å²) in [6, 6.07) is 6.99. The van der Waals surface area contributed by atoms with Crippen LogP contribution in [0.3, 0.4) is 0 Å². The van der Waals surface area contributed by atoms with Crippen LogP contribution in [-0.2, 0) is 9.53 Å². The average Bonchev–Trinajstić information content (AvgIpc) is 2.44. The zero-order valence-electron chi connectivity index (χ0n) is 12.4. The normalized spacial score (nSPS) is 11.8. The van der Waals surface area contributed by atoms with Crippen molar-refractivity contribution in [3.63, 3.8) is 0 Å². The van der Waals surface area contributed by atoms with Crippen LogP contribution in [0.1, 0.15) is 31.1 Å². The molecule has 1 aromatic carbocycles. The fourth-order valence-electron chi connectivity index (χ4n) is 1.53. The number of anilines is 1. The Morgan fingerprint density at radius 2 is 1.95 bits per heavy atom. The van der Waals surface area contributed by atoms with Gasteiger partial charge >= 0.3 is 5.97 Å². The lowest BCUT2D eigenvalue weighted by atomic mass is 10.1. The summed E-state index contributed by atoms with van der Waals surface area (Å²) in [5, 5.41) is 5.89. The summed E-state index contributed by atoms with van der Waals surface area (Å²) in [7, 11) is 1.34. The smallest absolute Gasteiger partial charge is 0.337 e. The molecule has 0 aliphatic carbocycles. The Labute approximate surface area is 119 Å². The molecular weight excluding hydrogens is 256 g/mol. The number of ether oxygens (including phenoxy) is 1. The number of carbonyl (C=O) groups excluding carboxylic acids is 2. The fourth-order valence-corrected chi connectivity index (χ4v) is 1.53. The lowest BCUT2D eigenvalue weighted by molar-refractivity contribution is -0.120. The maximum atomic E-state index is 11.7. The van der Waals surface area contributed by atoms with Gasteiger partial charge in [-0.15, -0.1) is 0 Å². The van der Waals surface area contributed by atoms with Crippen LogP contribution in [0.2, 0.25) is 0 Å². The number of nitrogens with one attached hydrogen (secondary N) is 2. The van der Waals surface area contributed by atoms with Gasteiger partial charge in [0.1, 0.15) is 0 Å². The van der Waals surface area contributed by atoms with Gasteiger partial charge in [0.05, 0.1) is 19.2 Å². The number of hydrogen-bond acceptors (Lipinski definition) is 4. The zero-order chi connectivity index (χ0) is 15.1. The van der Waals surface area contributed by atoms with E-state index in [9.17, 15) is 9.59 Å². The number of methoxy groups -OCH3 is 1. The molecule has 1 rings (SSSR count). The van der Waals surface area contributed by atoms with E-state index in [0.29, 0.717) is 17.2 Å². The minimum Gasteiger partial charge on any atom is -0.465 e. The van der Waals surface area contributed by atoms with Crippen molar-refractivity contribution < 1.29 is 14.3 Å². The first-order valence-electron chi connectivity index (χ1n) is 6.65. The molecular formula is C15H22N2O3. The van der Waals surface area contributed by atoms with Crippen LogP contribution < -0.4 is 10.6 Å². The Bertz CT molecular complexity index is 472. The second kappa shape index (κ2) is 7.53. The van der Waals surface area contributed by atoms with E-state index in [1.165, 1.54) is 7.11 Å². The third-order valence-electron chi connectivity index (χ3n) is 3.13. The molecule has 0 aliphatic heterocycles. The summed E-state index contributed by atoms with van der Waals surface area (Å²) >= 11 is 0. The van der Waals surface area contributed by atoms with Gasteiger partial charge in [-0.3, -0.25) is 4.79 Å². The van der Waals surface area contributed by atoms with E-state index >= 15 is 0 Å². The van der Waals surface area contributed by atoms with Crippen molar-refractivity contribution in [1.82, 2.24) is 5.32 Å². The van der Waals surface area contributed by atoms with Crippen LogP contribution in [0.4, 0.5) is 5.69 Å². The van der Waals surface area contributed by atoms with E-state index in [2.05, 4.69) is 29.2 Å². The van der Waals surface area contributed by atoms with Gasteiger partial charge in [0, 0.05) is 11.7 Å². The van der Waals surface area contributed by atoms with Gasteiger partial charge in [-0.05, 0) is 31.0 Å². The fraction of sp³-hybridized carbons (Fsp3) is 0.467. The molecule has 20 heavy (non-hydrogen) atoms.